The molecule has 0 radical (unpaired) electrons. The SMILES string of the molecule is O=C1Cc2cc(CCCC(=O)N3CCCN(c4nc5ccccc5[nH]4)CC3)ccc2N1. The number of carbonyl (C=O) groups excluding carboxylic acids is 2. The van der Waals surface area contributed by atoms with Crippen LogP contribution in [0.4, 0.5) is 11.6 Å². The fraction of sp³-hybridized carbons (Fsp3) is 0.375. The van der Waals surface area contributed by atoms with Crippen LogP contribution in [0.25, 0.3) is 11.0 Å². The van der Waals surface area contributed by atoms with Gasteiger partial charge in [0.1, 0.15) is 0 Å². The largest absolute Gasteiger partial charge is 0.341 e. The van der Waals surface area contributed by atoms with E-state index in [-0.39, 0.29) is 11.8 Å². The van der Waals surface area contributed by atoms with Crippen molar-refractivity contribution >= 4 is 34.5 Å². The van der Waals surface area contributed by atoms with Crippen LogP contribution in [-0.2, 0) is 22.4 Å². The summed E-state index contributed by atoms with van der Waals surface area (Å²) in [7, 11) is 0. The van der Waals surface area contributed by atoms with E-state index in [1.165, 1.54) is 5.56 Å². The van der Waals surface area contributed by atoms with E-state index in [2.05, 4.69) is 21.3 Å². The highest BCUT2D eigenvalue weighted by Crippen LogP contribution is 2.24. The fourth-order valence-electron chi connectivity index (χ4n) is 4.51. The Kier molecular flexibility index (Phi) is 5.32. The molecule has 0 unspecified atom stereocenters. The Morgan fingerprint density at radius 3 is 2.87 bits per heavy atom. The van der Waals surface area contributed by atoms with E-state index >= 15 is 0 Å². The molecule has 3 heterocycles. The van der Waals surface area contributed by atoms with Gasteiger partial charge in [-0.25, -0.2) is 4.98 Å². The van der Waals surface area contributed by atoms with Crippen LogP contribution < -0.4 is 10.2 Å². The first-order valence-electron chi connectivity index (χ1n) is 11.0. The summed E-state index contributed by atoms with van der Waals surface area (Å²) >= 11 is 0. The third kappa shape index (κ3) is 4.26. The van der Waals surface area contributed by atoms with Crippen molar-refractivity contribution in [2.45, 2.75) is 32.1 Å². The number of nitrogens with one attached hydrogen (secondary N) is 2. The van der Waals surface area contributed by atoms with E-state index in [0.717, 1.165) is 73.7 Å². The number of hydrogen-bond acceptors (Lipinski definition) is 4. The van der Waals surface area contributed by atoms with Crippen molar-refractivity contribution in [3.8, 4) is 0 Å². The first kappa shape index (κ1) is 19.6. The Balaban J connectivity index is 1.13. The average molecular weight is 418 g/mol. The van der Waals surface area contributed by atoms with Crippen LogP contribution in [0.15, 0.2) is 42.5 Å². The van der Waals surface area contributed by atoms with Gasteiger partial charge >= 0.3 is 0 Å². The van der Waals surface area contributed by atoms with E-state index in [1.807, 2.05) is 41.3 Å². The first-order chi connectivity index (χ1) is 15.2. The maximum Gasteiger partial charge on any atom is 0.228 e. The Labute approximate surface area is 181 Å². The summed E-state index contributed by atoms with van der Waals surface area (Å²) in [5.41, 5.74) is 5.19. The molecule has 2 aliphatic rings. The lowest BCUT2D eigenvalue weighted by Gasteiger charge is -2.21. The maximum atomic E-state index is 12.8. The number of H-pyrrole nitrogens is 1. The van der Waals surface area contributed by atoms with E-state index in [4.69, 9.17) is 4.98 Å². The number of imidazole rings is 1. The van der Waals surface area contributed by atoms with Crippen LogP contribution in [0.3, 0.4) is 0 Å². The second-order valence-corrected chi connectivity index (χ2v) is 8.37. The van der Waals surface area contributed by atoms with Crippen LogP contribution in [0.2, 0.25) is 0 Å². The normalized spacial score (nSPS) is 16.3. The molecule has 3 aromatic rings. The predicted molar refractivity (Wildman–Crippen MR) is 121 cm³/mol. The molecule has 0 atom stereocenters. The highest BCUT2D eigenvalue weighted by molar-refractivity contribution is 5.99. The summed E-state index contributed by atoms with van der Waals surface area (Å²) in [5, 5.41) is 2.86. The van der Waals surface area contributed by atoms with Crippen molar-refractivity contribution in [1.29, 1.82) is 0 Å². The molecular formula is C24H27N5O2. The van der Waals surface area contributed by atoms with E-state index in [1.54, 1.807) is 0 Å². The third-order valence-corrected chi connectivity index (χ3v) is 6.18. The van der Waals surface area contributed by atoms with Gasteiger partial charge in [-0.3, -0.25) is 9.59 Å². The molecule has 160 valence electrons. The van der Waals surface area contributed by atoms with E-state index in [0.29, 0.717) is 12.8 Å². The highest BCUT2D eigenvalue weighted by Gasteiger charge is 2.21. The van der Waals surface area contributed by atoms with Gasteiger partial charge in [0.2, 0.25) is 17.8 Å². The minimum atomic E-state index is 0.0557. The van der Waals surface area contributed by atoms with Gasteiger partial charge in [-0.05, 0) is 48.6 Å². The van der Waals surface area contributed by atoms with Crippen LogP contribution in [0.5, 0.6) is 0 Å². The number of carbonyl (C=O) groups is 2. The lowest BCUT2D eigenvalue weighted by molar-refractivity contribution is -0.131. The monoisotopic (exact) mass is 417 g/mol. The number of hydrogen-bond donors (Lipinski definition) is 2. The number of fused-ring (bicyclic) bond motifs is 2. The van der Waals surface area contributed by atoms with Gasteiger partial charge in [0.05, 0.1) is 17.5 Å². The molecule has 0 spiro atoms. The summed E-state index contributed by atoms with van der Waals surface area (Å²) in [6.45, 7) is 3.20. The molecule has 31 heavy (non-hydrogen) atoms. The van der Waals surface area contributed by atoms with Crippen LogP contribution in [0.1, 0.15) is 30.4 Å². The van der Waals surface area contributed by atoms with Gasteiger partial charge in [0, 0.05) is 38.3 Å². The Morgan fingerprint density at radius 2 is 1.97 bits per heavy atom. The Bertz CT molecular complexity index is 1090. The smallest absolute Gasteiger partial charge is 0.228 e. The number of aromatic nitrogens is 2. The van der Waals surface area contributed by atoms with E-state index < -0.39 is 0 Å². The molecule has 7 nitrogen and oxygen atoms in total. The molecule has 1 saturated heterocycles. The highest BCUT2D eigenvalue weighted by atomic mass is 16.2. The molecule has 5 rings (SSSR count). The number of para-hydroxylation sites is 2. The maximum absolute atomic E-state index is 12.8. The minimum absolute atomic E-state index is 0.0557. The molecule has 1 aromatic heterocycles. The Morgan fingerprint density at radius 1 is 1.06 bits per heavy atom. The van der Waals surface area contributed by atoms with Gasteiger partial charge < -0.3 is 20.1 Å². The molecule has 0 saturated carbocycles. The number of aromatic amines is 1. The zero-order valence-electron chi connectivity index (χ0n) is 17.6. The number of benzene rings is 2. The molecule has 2 N–H and O–H groups in total. The molecule has 2 amide bonds. The van der Waals surface area contributed by atoms with Crippen LogP contribution >= 0.6 is 0 Å². The van der Waals surface area contributed by atoms with Crippen molar-refractivity contribution < 1.29 is 9.59 Å². The average Bonchev–Trinajstić information content (AvgIpc) is 3.27. The molecule has 0 aliphatic carbocycles. The summed E-state index contributed by atoms with van der Waals surface area (Å²) in [6, 6.07) is 14.2. The number of aryl methyl sites for hydroxylation is 1. The van der Waals surface area contributed by atoms with Crippen molar-refractivity contribution in [2.24, 2.45) is 0 Å². The predicted octanol–water partition coefficient (Wildman–Crippen LogP) is 3.12. The quantitative estimate of drug-likeness (QED) is 0.668. The second kappa shape index (κ2) is 8.41. The van der Waals surface area contributed by atoms with Gasteiger partial charge in [-0.1, -0.05) is 24.3 Å². The van der Waals surface area contributed by atoms with Gasteiger partial charge in [-0.2, -0.15) is 0 Å². The van der Waals surface area contributed by atoms with E-state index in [9.17, 15) is 9.59 Å². The third-order valence-electron chi connectivity index (χ3n) is 6.18. The lowest BCUT2D eigenvalue weighted by atomic mass is 10.0. The lowest BCUT2D eigenvalue weighted by Crippen LogP contribution is -2.35. The van der Waals surface area contributed by atoms with Crippen molar-refractivity contribution in [3.05, 3.63) is 53.6 Å². The number of nitrogens with zero attached hydrogens (tertiary/aromatic N) is 3. The van der Waals surface area contributed by atoms with Crippen molar-refractivity contribution in [3.63, 3.8) is 0 Å². The molecule has 1 fully saturated rings. The standard InChI is InChI=1S/C24H27N5O2/c30-22-16-18-15-17(9-10-19(18)25-22)5-3-8-23(31)28-11-4-12-29(14-13-28)24-26-20-6-1-2-7-21(20)27-24/h1-2,6-7,9-10,15H,3-5,8,11-14,16H2,(H,25,30)(H,26,27). The van der Waals surface area contributed by atoms with Gasteiger partial charge in [0.15, 0.2) is 0 Å². The summed E-state index contributed by atoms with van der Waals surface area (Å²) in [5.74, 6) is 1.17. The molecule has 2 aromatic carbocycles. The van der Waals surface area contributed by atoms with Crippen molar-refractivity contribution in [1.82, 2.24) is 14.9 Å². The van der Waals surface area contributed by atoms with Crippen LogP contribution in [0, 0.1) is 0 Å². The minimum Gasteiger partial charge on any atom is -0.341 e. The Hall–Kier alpha value is -3.35. The zero-order valence-corrected chi connectivity index (χ0v) is 17.6. The molecule has 0 bridgehead atoms. The topological polar surface area (TPSA) is 81.3 Å². The first-order valence-corrected chi connectivity index (χ1v) is 11.0. The molecular weight excluding hydrogens is 390 g/mol. The molecule has 7 heteroatoms. The second-order valence-electron chi connectivity index (χ2n) is 8.37. The summed E-state index contributed by atoms with van der Waals surface area (Å²) in [4.78, 5) is 36.6. The summed E-state index contributed by atoms with van der Waals surface area (Å²) in [6.07, 6.45) is 3.63. The van der Waals surface area contributed by atoms with Gasteiger partial charge in [-0.15, -0.1) is 0 Å². The number of anilines is 2. The van der Waals surface area contributed by atoms with Crippen LogP contribution in [-0.4, -0.2) is 52.9 Å². The number of rotatable bonds is 5. The van der Waals surface area contributed by atoms with Gasteiger partial charge in [0.25, 0.3) is 0 Å². The van der Waals surface area contributed by atoms with Crippen molar-refractivity contribution in [2.75, 3.05) is 36.4 Å². The summed E-state index contributed by atoms with van der Waals surface area (Å²) < 4.78 is 0. The fourth-order valence-corrected chi connectivity index (χ4v) is 4.51. The molecule has 2 aliphatic heterocycles. The zero-order chi connectivity index (χ0) is 21.2. The number of amides is 2.